The van der Waals surface area contributed by atoms with E-state index in [9.17, 15) is 14.0 Å². The Morgan fingerprint density at radius 2 is 2.00 bits per heavy atom. The molecule has 32 heavy (non-hydrogen) atoms. The Labute approximate surface area is 183 Å². The van der Waals surface area contributed by atoms with Crippen molar-refractivity contribution in [2.75, 3.05) is 25.1 Å². The zero-order valence-corrected chi connectivity index (χ0v) is 17.8. The lowest BCUT2D eigenvalue weighted by atomic mass is 9.86. The first-order valence-corrected chi connectivity index (χ1v) is 10.3. The number of hydrogen-bond acceptors (Lipinski definition) is 7. The summed E-state index contributed by atoms with van der Waals surface area (Å²) in [5.74, 6) is -0.621. The molecule has 11 heteroatoms. The Kier molecular flexibility index (Phi) is 5.89. The number of aromatic nitrogens is 4. The molecule has 0 unspecified atom stereocenters. The average molecular weight is 441 g/mol. The van der Waals surface area contributed by atoms with E-state index >= 15 is 0 Å². The number of pyridine rings is 1. The van der Waals surface area contributed by atoms with Crippen LogP contribution in [0.1, 0.15) is 36.0 Å². The average Bonchev–Trinajstić information content (AvgIpc) is 3.09. The normalized spacial score (nSPS) is 18.3. The molecule has 0 bridgehead atoms. The maximum Gasteiger partial charge on any atom is 0.263 e. The zero-order chi connectivity index (χ0) is 22.8. The summed E-state index contributed by atoms with van der Waals surface area (Å²) < 4.78 is 20.6. The predicted octanol–water partition coefficient (Wildman–Crippen LogP) is 2.12. The standard InChI is InChI=1S/C21H24FN7O3/c1-28(2)21(31)12-3-5-14(6-4-12)32-16-7-8-24-10-15(16)26-20(30)17-18(23)27-29-11-13(22)9-25-19(17)29/h7-12,14H,3-6H2,1-2H3,(H2,23,27)(H,26,30)/t12-,14+. The fourth-order valence-corrected chi connectivity index (χ4v) is 3.88. The third-order valence-electron chi connectivity index (χ3n) is 5.48. The smallest absolute Gasteiger partial charge is 0.263 e. The van der Waals surface area contributed by atoms with E-state index in [0.717, 1.165) is 42.6 Å². The molecule has 0 saturated heterocycles. The van der Waals surface area contributed by atoms with Crippen LogP contribution in [0, 0.1) is 11.7 Å². The van der Waals surface area contributed by atoms with Crippen LogP contribution in [0.3, 0.4) is 0 Å². The molecule has 1 aliphatic carbocycles. The van der Waals surface area contributed by atoms with Crippen LogP contribution >= 0.6 is 0 Å². The lowest BCUT2D eigenvalue weighted by Crippen LogP contribution is -2.34. The molecule has 168 valence electrons. The highest BCUT2D eigenvalue weighted by Gasteiger charge is 2.29. The van der Waals surface area contributed by atoms with Crippen LogP contribution in [0.2, 0.25) is 0 Å². The van der Waals surface area contributed by atoms with Gasteiger partial charge in [0.15, 0.2) is 17.3 Å². The van der Waals surface area contributed by atoms with Crippen molar-refractivity contribution in [2.24, 2.45) is 5.92 Å². The van der Waals surface area contributed by atoms with Gasteiger partial charge in [-0.15, -0.1) is 5.10 Å². The van der Waals surface area contributed by atoms with Gasteiger partial charge in [0.1, 0.15) is 17.0 Å². The first-order chi connectivity index (χ1) is 15.3. The summed E-state index contributed by atoms with van der Waals surface area (Å²) in [5.41, 5.74) is 6.40. The molecular formula is C21H24FN7O3. The van der Waals surface area contributed by atoms with E-state index in [1.165, 1.54) is 6.20 Å². The second-order valence-corrected chi connectivity index (χ2v) is 7.95. The molecule has 0 spiro atoms. The van der Waals surface area contributed by atoms with E-state index in [4.69, 9.17) is 10.5 Å². The van der Waals surface area contributed by atoms with Crippen molar-refractivity contribution in [3.8, 4) is 5.75 Å². The number of nitrogens with zero attached hydrogens (tertiary/aromatic N) is 5. The first-order valence-electron chi connectivity index (χ1n) is 10.3. The van der Waals surface area contributed by atoms with Crippen LogP contribution in [0.15, 0.2) is 30.9 Å². The molecule has 0 radical (unpaired) electrons. The second kappa shape index (κ2) is 8.77. The molecule has 0 atom stereocenters. The van der Waals surface area contributed by atoms with Crippen molar-refractivity contribution in [3.05, 3.63) is 42.2 Å². The molecule has 3 heterocycles. The lowest BCUT2D eigenvalue weighted by Gasteiger charge is -2.30. The summed E-state index contributed by atoms with van der Waals surface area (Å²) in [4.78, 5) is 34.7. The number of halogens is 1. The summed E-state index contributed by atoms with van der Waals surface area (Å²) in [6.07, 6.45) is 8.00. The van der Waals surface area contributed by atoms with Crippen molar-refractivity contribution in [1.82, 2.24) is 24.5 Å². The zero-order valence-electron chi connectivity index (χ0n) is 17.8. The molecule has 0 aliphatic heterocycles. The van der Waals surface area contributed by atoms with E-state index in [1.54, 1.807) is 31.3 Å². The molecule has 0 aromatic carbocycles. The Bertz CT molecular complexity index is 1160. The maximum atomic E-state index is 13.4. The number of fused-ring (bicyclic) bond motifs is 1. The van der Waals surface area contributed by atoms with Crippen LogP contribution in [0.5, 0.6) is 5.75 Å². The Balaban J connectivity index is 1.47. The highest BCUT2D eigenvalue weighted by molar-refractivity contribution is 6.11. The number of carbonyl (C=O) groups is 2. The molecule has 10 nitrogen and oxygen atoms in total. The van der Waals surface area contributed by atoms with Gasteiger partial charge in [0.25, 0.3) is 5.91 Å². The van der Waals surface area contributed by atoms with E-state index in [0.29, 0.717) is 11.4 Å². The summed E-state index contributed by atoms with van der Waals surface area (Å²) >= 11 is 0. The minimum Gasteiger partial charge on any atom is -0.488 e. The monoisotopic (exact) mass is 441 g/mol. The molecule has 1 fully saturated rings. The van der Waals surface area contributed by atoms with Crippen molar-refractivity contribution < 1.29 is 18.7 Å². The number of carbonyl (C=O) groups excluding carboxylic acids is 2. The van der Waals surface area contributed by atoms with Gasteiger partial charge in [-0.25, -0.2) is 13.9 Å². The lowest BCUT2D eigenvalue weighted by molar-refractivity contribution is -0.134. The van der Waals surface area contributed by atoms with Crippen molar-refractivity contribution in [2.45, 2.75) is 31.8 Å². The number of nitrogen functional groups attached to an aromatic ring is 1. The molecule has 3 aromatic rings. The van der Waals surface area contributed by atoms with Crippen LogP contribution in [-0.4, -0.2) is 56.5 Å². The third-order valence-corrected chi connectivity index (χ3v) is 5.48. The molecule has 3 aromatic heterocycles. The van der Waals surface area contributed by atoms with E-state index in [-0.39, 0.29) is 35.0 Å². The third kappa shape index (κ3) is 4.32. The van der Waals surface area contributed by atoms with E-state index in [1.807, 2.05) is 0 Å². The summed E-state index contributed by atoms with van der Waals surface area (Å²) in [6, 6.07) is 1.67. The number of nitrogens with one attached hydrogen (secondary N) is 1. The molecule has 4 rings (SSSR count). The predicted molar refractivity (Wildman–Crippen MR) is 115 cm³/mol. The van der Waals surface area contributed by atoms with Gasteiger partial charge in [-0.3, -0.25) is 14.6 Å². The van der Waals surface area contributed by atoms with Gasteiger partial charge in [-0.05, 0) is 25.7 Å². The highest BCUT2D eigenvalue weighted by atomic mass is 19.1. The van der Waals surface area contributed by atoms with E-state index in [2.05, 4.69) is 20.4 Å². The van der Waals surface area contributed by atoms with E-state index < -0.39 is 11.7 Å². The minimum atomic E-state index is -0.600. The maximum absolute atomic E-state index is 13.4. The van der Waals surface area contributed by atoms with Gasteiger partial charge in [-0.2, -0.15) is 0 Å². The van der Waals surface area contributed by atoms with Gasteiger partial charge in [0.2, 0.25) is 5.91 Å². The molecule has 1 aliphatic rings. The second-order valence-electron chi connectivity index (χ2n) is 7.95. The number of rotatable bonds is 5. The largest absolute Gasteiger partial charge is 0.488 e. The number of amides is 2. The first kappa shape index (κ1) is 21.5. The number of anilines is 2. The Morgan fingerprint density at radius 1 is 1.25 bits per heavy atom. The van der Waals surface area contributed by atoms with Crippen molar-refractivity contribution in [1.29, 1.82) is 0 Å². The van der Waals surface area contributed by atoms with Gasteiger partial charge in [-0.1, -0.05) is 0 Å². The molecule has 2 amide bonds. The van der Waals surface area contributed by atoms with Crippen molar-refractivity contribution in [3.63, 3.8) is 0 Å². The van der Waals surface area contributed by atoms with Gasteiger partial charge < -0.3 is 20.7 Å². The fourth-order valence-electron chi connectivity index (χ4n) is 3.88. The molecular weight excluding hydrogens is 417 g/mol. The number of ether oxygens (including phenoxy) is 1. The summed E-state index contributed by atoms with van der Waals surface area (Å²) in [6.45, 7) is 0. The van der Waals surface area contributed by atoms with Crippen LogP contribution < -0.4 is 15.8 Å². The Hall–Kier alpha value is -3.76. The fraction of sp³-hybridized carbons (Fsp3) is 0.381. The van der Waals surface area contributed by atoms with Crippen LogP contribution in [0.4, 0.5) is 15.9 Å². The SMILES string of the molecule is CN(C)C(=O)[C@H]1CC[C@@H](Oc2ccncc2NC(=O)c2c(N)nn3cc(F)cnc23)CC1. The highest BCUT2D eigenvalue weighted by Crippen LogP contribution is 2.32. The van der Waals surface area contributed by atoms with Gasteiger partial charge >= 0.3 is 0 Å². The van der Waals surface area contributed by atoms with Crippen LogP contribution in [-0.2, 0) is 4.79 Å². The molecule has 3 N–H and O–H groups in total. The van der Waals surface area contributed by atoms with Gasteiger partial charge in [0, 0.05) is 32.3 Å². The Morgan fingerprint density at radius 3 is 2.72 bits per heavy atom. The summed E-state index contributed by atoms with van der Waals surface area (Å²) in [5, 5.41) is 6.68. The van der Waals surface area contributed by atoms with Crippen molar-refractivity contribution >= 4 is 29.0 Å². The van der Waals surface area contributed by atoms with Crippen LogP contribution in [0.25, 0.3) is 5.65 Å². The topological polar surface area (TPSA) is 128 Å². The number of nitrogens with two attached hydrogens (primary N) is 1. The summed E-state index contributed by atoms with van der Waals surface area (Å²) in [7, 11) is 3.53. The van der Waals surface area contributed by atoms with Gasteiger partial charge in [0.05, 0.1) is 24.7 Å². The quantitative estimate of drug-likeness (QED) is 0.621. The minimum absolute atomic E-state index is 0.0115. The molecule has 1 saturated carbocycles. The number of hydrogen-bond donors (Lipinski definition) is 2.